The molecule has 0 aliphatic carbocycles. The number of fused-ring (bicyclic) bond motifs is 1. The molecule has 3 aromatic rings. The number of piperazine rings is 1. The van der Waals surface area contributed by atoms with Gasteiger partial charge >= 0.3 is 0 Å². The first-order chi connectivity index (χ1) is 16.2. The van der Waals surface area contributed by atoms with Gasteiger partial charge < -0.3 is 9.80 Å². The summed E-state index contributed by atoms with van der Waals surface area (Å²) < 4.78 is 0. The van der Waals surface area contributed by atoms with Gasteiger partial charge in [-0.2, -0.15) is 0 Å². The van der Waals surface area contributed by atoms with Gasteiger partial charge in [0.1, 0.15) is 0 Å². The number of nitrogens with zero attached hydrogens (tertiary/aromatic N) is 3. The zero-order chi connectivity index (χ0) is 22.6. The fraction of sp³-hybridized carbons (Fsp3) is 0.250. The second kappa shape index (κ2) is 9.82. The summed E-state index contributed by atoms with van der Waals surface area (Å²) in [6.45, 7) is 5.77. The van der Waals surface area contributed by atoms with Crippen LogP contribution in [0, 0.1) is 0 Å². The van der Waals surface area contributed by atoms with Crippen molar-refractivity contribution in [2.45, 2.75) is 6.42 Å². The molecule has 0 aromatic heterocycles. The van der Waals surface area contributed by atoms with E-state index in [1.807, 2.05) is 71.6 Å². The van der Waals surface area contributed by atoms with Gasteiger partial charge in [-0.05, 0) is 48.9 Å². The Bertz CT molecular complexity index is 1150. The van der Waals surface area contributed by atoms with Crippen LogP contribution in [0.4, 0.5) is 11.4 Å². The van der Waals surface area contributed by atoms with Crippen LogP contribution in [0.5, 0.6) is 0 Å². The Kier molecular flexibility index (Phi) is 6.47. The summed E-state index contributed by atoms with van der Waals surface area (Å²) in [5.41, 5.74) is 5.08. The number of carbonyl (C=O) groups is 1. The summed E-state index contributed by atoms with van der Waals surface area (Å²) in [4.78, 5) is 20.1. The first-order valence-electron chi connectivity index (χ1n) is 11.6. The van der Waals surface area contributed by atoms with Gasteiger partial charge in [0.25, 0.3) is 5.91 Å². The van der Waals surface area contributed by atoms with Crippen LogP contribution in [-0.4, -0.2) is 50.1 Å². The average molecular weight is 458 g/mol. The van der Waals surface area contributed by atoms with Gasteiger partial charge in [-0.25, -0.2) is 0 Å². The molecule has 1 amide bonds. The van der Waals surface area contributed by atoms with E-state index < -0.39 is 0 Å². The molecule has 0 saturated carbocycles. The van der Waals surface area contributed by atoms with E-state index in [1.54, 1.807) is 0 Å². The molecule has 1 saturated heterocycles. The Morgan fingerprint density at radius 2 is 1.58 bits per heavy atom. The van der Waals surface area contributed by atoms with E-state index in [4.69, 9.17) is 11.6 Å². The number of hydrogen-bond donors (Lipinski definition) is 0. The summed E-state index contributed by atoms with van der Waals surface area (Å²) in [5.74, 6) is 0.103. The largest absolute Gasteiger partial charge is 0.369 e. The zero-order valence-corrected chi connectivity index (χ0v) is 19.4. The minimum atomic E-state index is 0.103. The van der Waals surface area contributed by atoms with E-state index >= 15 is 0 Å². The van der Waals surface area contributed by atoms with Crippen molar-refractivity contribution in [1.29, 1.82) is 0 Å². The van der Waals surface area contributed by atoms with Crippen molar-refractivity contribution < 1.29 is 4.79 Å². The van der Waals surface area contributed by atoms with E-state index in [1.165, 1.54) is 5.69 Å². The highest BCUT2D eigenvalue weighted by Gasteiger charge is 2.31. The molecule has 1 fully saturated rings. The lowest BCUT2D eigenvalue weighted by Gasteiger charge is -2.36. The van der Waals surface area contributed by atoms with E-state index in [0.717, 1.165) is 73.1 Å². The summed E-state index contributed by atoms with van der Waals surface area (Å²) in [5, 5.41) is 0.783. The second-order valence-corrected chi connectivity index (χ2v) is 9.04. The van der Waals surface area contributed by atoms with Gasteiger partial charge in [0.15, 0.2) is 0 Å². The lowest BCUT2D eigenvalue weighted by molar-refractivity contribution is -0.113. The molecule has 4 nitrogen and oxygen atoms in total. The topological polar surface area (TPSA) is 26.8 Å². The predicted molar refractivity (Wildman–Crippen MR) is 138 cm³/mol. The maximum atomic E-state index is 13.3. The highest BCUT2D eigenvalue weighted by atomic mass is 35.5. The van der Waals surface area contributed by atoms with Crippen LogP contribution >= 0.6 is 11.6 Å². The van der Waals surface area contributed by atoms with Crippen LogP contribution in [-0.2, 0) is 4.79 Å². The number of amides is 1. The number of carbonyl (C=O) groups excluding carboxylic acids is 1. The minimum absolute atomic E-state index is 0.103. The number of rotatable bonds is 6. The standard InChI is InChI=1S/C28H28ClN3O/c29-23-10-6-11-24(21-23)31-18-16-30(17-19-31)14-7-15-32-27-13-5-4-12-25(27)26(28(32)33)20-22-8-2-1-3-9-22/h1-6,8-13,20-21H,7,14-19H2/b26-20-. The molecule has 5 heteroatoms. The molecule has 0 bridgehead atoms. The first kappa shape index (κ1) is 21.7. The molecule has 5 rings (SSSR count). The molecule has 0 N–H and O–H groups in total. The number of halogens is 1. The SMILES string of the molecule is O=C1/C(=C\c2ccccc2)c2ccccc2N1CCCN1CCN(c2cccc(Cl)c2)CC1. The molecule has 2 aliphatic rings. The van der Waals surface area contributed by atoms with Crippen molar-refractivity contribution in [3.8, 4) is 0 Å². The number of para-hydroxylation sites is 1. The molecule has 2 heterocycles. The van der Waals surface area contributed by atoms with E-state index in [0.29, 0.717) is 0 Å². The third-order valence-corrected chi connectivity index (χ3v) is 6.71. The molecule has 33 heavy (non-hydrogen) atoms. The Hall–Kier alpha value is -3.08. The highest BCUT2D eigenvalue weighted by Crippen LogP contribution is 2.37. The fourth-order valence-corrected chi connectivity index (χ4v) is 4.92. The number of anilines is 2. The van der Waals surface area contributed by atoms with Crippen molar-refractivity contribution in [3.63, 3.8) is 0 Å². The monoisotopic (exact) mass is 457 g/mol. The fourth-order valence-electron chi connectivity index (χ4n) is 4.74. The number of hydrogen-bond acceptors (Lipinski definition) is 3. The minimum Gasteiger partial charge on any atom is -0.369 e. The molecule has 0 spiro atoms. The Morgan fingerprint density at radius 1 is 0.818 bits per heavy atom. The Labute approximate surface area is 200 Å². The molecular formula is C28H28ClN3O. The molecular weight excluding hydrogens is 430 g/mol. The second-order valence-electron chi connectivity index (χ2n) is 8.60. The van der Waals surface area contributed by atoms with E-state index in [-0.39, 0.29) is 5.91 Å². The normalized spacial score (nSPS) is 17.6. The maximum Gasteiger partial charge on any atom is 0.258 e. The quantitative estimate of drug-likeness (QED) is 0.461. The smallest absolute Gasteiger partial charge is 0.258 e. The molecule has 0 atom stereocenters. The van der Waals surface area contributed by atoms with Crippen molar-refractivity contribution in [3.05, 3.63) is 95.0 Å². The third kappa shape index (κ3) is 4.82. The Balaban J connectivity index is 1.19. The molecule has 3 aromatic carbocycles. The van der Waals surface area contributed by atoms with Gasteiger partial charge in [-0.15, -0.1) is 0 Å². The summed E-state index contributed by atoms with van der Waals surface area (Å²) in [6.07, 6.45) is 2.96. The first-order valence-corrected chi connectivity index (χ1v) is 12.0. The predicted octanol–water partition coefficient (Wildman–Crippen LogP) is 5.44. The van der Waals surface area contributed by atoms with Crippen LogP contribution in [0.3, 0.4) is 0 Å². The lowest BCUT2D eigenvalue weighted by atomic mass is 10.0. The van der Waals surface area contributed by atoms with Gasteiger partial charge in [0, 0.05) is 54.6 Å². The van der Waals surface area contributed by atoms with E-state index in [9.17, 15) is 4.79 Å². The van der Waals surface area contributed by atoms with Crippen molar-refractivity contribution in [2.75, 3.05) is 49.1 Å². The Morgan fingerprint density at radius 3 is 2.36 bits per heavy atom. The van der Waals surface area contributed by atoms with Gasteiger partial charge in [-0.3, -0.25) is 9.69 Å². The van der Waals surface area contributed by atoms with Crippen LogP contribution < -0.4 is 9.80 Å². The maximum absolute atomic E-state index is 13.3. The zero-order valence-electron chi connectivity index (χ0n) is 18.7. The summed E-state index contributed by atoms with van der Waals surface area (Å²) >= 11 is 6.15. The van der Waals surface area contributed by atoms with Crippen molar-refractivity contribution in [2.24, 2.45) is 0 Å². The summed E-state index contributed by atoms with van der Waals surface area (Å²) in [7, 11) is 0. The van der Waals surface area contributed by atoms with Crippen LogP contribution in [0.15, 0.2) is 78.9 Å². The van der Waals surface area contributed by atoms with Crippen LogP contribution in [0.25, 0.3) is 11.6 Å². The van der Waals surface area contributed by atoms with Gasteiger partial charge in [-0.1, -0.05) is 66.2 Å². The average Bonchev–Trinajstić information content (AvgIpc) is 3.11. The van der Waals surface area contributed by atoms with Gasteiger partial charge in [0.2, 0.25) is 0 Å². The molecule has 0 radical (unpaired) electrons. The lowest BCUT2D eigenvalue weighted by Crippen LogP contribution is -2.47. The van der Waals surface area contributed by atoms with E-state index in [2.05, 4.69) is 28.0 Å². The number of benzene rings is 3. The highest BCUT2D eigenvalue weighted by molar-refractivity contribution is 6.35. The van der Waals surface area contributed by atoms with Crippen LogP contribution in [0.1, 0.15) is 17.5 Å². The van der Waals surface area contributed by atoms with Gasteiger partial charge in [0.05, 0.1) is 5.69 Å². The van der Waals surface area contributed by atoms with Crippen molar-refractivity contribution >= 4 is 40.5 Å². The summed E-state index contributed by atoms with van der Waals surface area (Å²) in [6, 6.07) is 26.3. The van der Waals surface area contributed by atoms with Crippen molar-refractivity contribution in [1.82, 2.24) is 4.90 Å². The third-order valence-electron chi connectivity index (χ3n) is 6.47. The molecule has 0 unspecified atom stereocenters. The molecule has 2 aliphatic heterocycles. The van der Waals surface area contributed by atoms with Crippen LogP contribution in [0.2, 0.25) is 5.02 Å². The molecule has 168 valence electrons.